The third kappa shape index (κ3) is 3.28. The van der Waals surface area contributed by atoms with Gasteiger partial charge in [0.2, 0.25) is 0 Å². The normalized spacial score (nSPS) is 22.9. The van der Waals surface area contributed by atoms with Crippen LogP contribution in [0.4, 0.5) is 0 Å². The molecule has 0 aromatic heterocycles. The fourth-order valence-corrected chi connectivity index (χ4v) is 2.03. The van der Waals surface area contributed by atoms with Crippen LogP contribution in [-0.4, -0.2) is 24.1 Å². The molecule has 1 saturated heterocycles. The zero-order valence-electron chi connectivity index (χ0n) is 10.5. The number of ether oxygens (including phenoxy) is 2. The van der Waals surface area contributed by atoms with Gasteiger partial charge in [-0.3, -0.25) is 0 Å². The molecule has 1 atom stereocenters. The van der Waals surface area contributed by atoms with Crippen LogP contribution in [0.25, 0.3) is 0 Å². The van der Waals surface area contributed by atoms with Crippen LogP contribution in [0.15, 0.2) is 24.3 Å². The molecule has 1 aromatic carbocycles. The number of aliphatic hydroxyl groups excluding tert-OH is 1. The monoisotopic (exact) mass is 236 g/mol. The van der Waals surface area contributed by atoms with Crippen molar-refractivity contribution >= 4 is 0 Å². The molecule has 0 radical (unpaired) electrons. The largest absolute Gasteiger partial charge is 0.396 e. The summed E-state index contributed by atoms with van der Waals surface area (Å²) in [5.41, 5.74) is 2.41. The van der Waals surface area contributed by atoms with Crippen LogP contribution >= 0.6 is 0 Å². The molecule has 2 rings (SSSR count). The van der Waals surface area contributed by atoms with Crippen molar-refractivity contribution in [3.8, 4) is 0 Å². The molecule has 1 aliphatic heterocycles. The SMILES string of the molecule is CC1(C)OCC(c2ccc(CCCO)cc2)O1. The first kappa shape index (κ1) is 12.6. The standard InChI is InChI=1S/C14H20O3/c1-14(2)16-10-13(17-14)12-7-5-11(6-8-12)4-3-9-15/h5-8,13,15H,3-4,9-10H2,1-2H3. The molecule has 94 valence electrons. The average molecular weight is 236 g/mol. The smallest absolute Gasteiger partial charge is 0.163 e. The molecule has 1 fully saturated rings. The van der Waals surface area contributed by atoms with Crippen molar-refractivity contribution in [2.24, 2.45) is 0 Å². The average Bonchev–Trinajstić information content (AvgIpc) is 2.68. The van der Waals surface area contributed by atoms with Crippen molar-refractivity contribution in [2.45, 2.75) is 38.6 Å². The summed E-state index contributed by atoms with van der Waals surface area (Å²) in [6.07, 6.45) is 1.77. The first-order valence-electron chi connectivity index (χ1n) is 6.12. The minimum Gasteiger partial charge on any atom is -0.396 e. The maximum Gasteiger partial charge on any atom is 0.163 e. The maximum atomic E-state index is 8.78. The zero-order valence-corrected chi connectivity index (χ0v) is 10.5. The van der Waals surface area contributed by atoms with E-state index in [0.29, 0.717) is 6.61 Å². The molecule has 3 heteroatoms. The lowest BCUT2D eigenvalue weighted by molar-refractivity contribution is -0.139. The van der Waals surface area contributed by atoms with E-state index in [2.05, 4.69) is 24.3 Å². The van der Waals surface area contributed by atoms with Gasteiger partial charge in [-0.05, 0) is 37.8 Å². The Hall–Kier alpha value is -0.900. The van der Waals surface area contributed by atoms with Crippen molar-refractivity contribution in [1.82, 2.24) is 0 Å². The molecule has 0 bridgehead atoms. The van der Waals surface area contributed by atoms with Gasteiger partial charge in [0.1, 0.15) is 6.10 Å². The summed E-state index contributed by atoms with van der Waals surface area (Å²) in [6, 6.07) is 8.36. The van der Waals surface area contributed by atoms with Gasteiger partial charge in [0.05, 0.1) is 6.61 Å². The molecule has 0 spiro atoms. The van der Waals surface area contributed by atoms with E-state index >= 15 is 0 Å². The molecule has 1 unspecified atom stereocenters. The summed E-state index contributed by atoms with van der Waals surface area (Å²) in [5.74, 6) is -0.472. The van der Waals surface area contributed by atoms with E-state index in [1.54, 1.807) is 0 Å². The van der Waals surface area contributed by atoms with E-state index in [1.807, 2.05) is 13.8 Å². The highest BCUT2D eigenvalue weighted by Crippen LogP contribution is 2.32. The number of rotatable bonds is 4. The third-order valence-electron chi connectivity index (χ3n) is 2.98. The Morgan fingerprint density at radius 2 is 2.00 bits per heavy atom. The highest BCUT2D eigenvalue weighted by molar-refractivity contribution is 5.25. The summed E-state index contributed by atoms with van der Waals surface area (Å²) < 4.78 is 11.3. The second-order valence-electron chi connectivity index (χ2n) is 4.89. The van der Waals surface area contributed by atoms with Crippen LogP contribution in [-0.2, 0) is 15.9 Å². The number of benzene rings is 1. The second-order valence-corrected chi connectivity index (χ2v) is 4.89. The van der Waals surface area contributed by atoms with Gasteiger partial charge in [0, 0.05) is 6.61 Å². The molecule has 3 nitrogen and oxygen atoms in total. The van der Waals surface area contributed by atoms with Crippen molar-refractivity contribution < 1.29 is 14.6 Å². The molecule has 17 heavy (non-hydrogen) atoms. The fourth-order valence-electron chi connectivity index (χ4n) is 2.03. The lowest BCUT2D eigenvalue weighted by Crippen LogP contribution is -2.19. The quantitative estimate of drug-likeness (QED) is 0.872. The molecular formula is C14H20O3. The van der Waals surface area contributed by atoms with E-state index in [1.165, 1.54) is 5.56 Å². The zero-order chi connectivity index (χ0) is 12.3. The topological polar surface area (TPSA) is 38.7 Å². The predicted molar refractivity (Wildman–Crippen MR) is 65.7 cm³/mol. The van der Waals surface area contributed by atoms with Gasteiger partial charge in [-0.25, -0.2) is 0 Å². The fraction of sp³-hybridized carbons (Fsp3) is 0.571. The Labute approximate surface area is 102 Å². The van der Waals surface area contributed by atoms with Crippen LogP contribution < -0.4 is 0 Å². The highest BCUT2D eigenvalue weighted by atomic mass is 16.7. The molecule has 1 aliphatic rings. The first-order chi connectivity index (χ1) is 8.11. The summed E-state index contributed by atoms with van der Waals surface area (Å²) in [4.78, 5) is 0. The van der Waals surface area contributed by atoms with Crippen LogP contribution in [0.2, 0.25) is 0 Å². The number of aliphatic hydroxyl groups is 1. The second kappa shape index (κ2) is 5.17. The van der Waals surface area contributed by atoms with Gasteiger partial charge in [-0.2, -0.15) is 0 Å². The van der Waals surface area contributed by atoms with Crippen molar-refractivity contribution in [1.29, 1.82) is 0 Å². The van der Waals surface area contributed by atoms with Crippen LogP contribution in [0.5, 0.6) is 0 Å². The van der Waals surface area contributed by atoms with E-state index in [9.17, 15) is 0 Å². The van der Waals surface area contributed by atoms with Crippen LogP contribution in [0, 0.1) is 0 Å². The molecule has 1 heterocycles. The lowest BCUT2D eigenvalue weighted by Gasteiger charge is -2.17. The van der Waals surface area contributed by atoms with Crippen LogP contribution in [0.3, 0.4) is 0 Å². The summed E-state index contributed by atoms with van der Waals surface area (Å²) in [5, 5.41) is 8.78. The van der Waals surface area contributed by atoms with Gasteiger partial charge < -0.3 is 14.6 Å². The van der Waals surface area contributed by atoms with Gasteiger partial charge in [-0.15, -0.1) is 0 Å². The Kier molecular flexibility index (Phi) is 3.82. The summed E-state index contributed by atoms with van der Waals surface area (Å²) in [6.45, 7) is 4.73. The summed E-state index contributed by atoms with van der Waals surface area (Å²) >= 11 is 0. The minimum absolute atomic E-state index is 0.0388. The van der Waals surface area contributed by atoms with Crippen LogP contribution in [0.1, 0.15) is 37.5 Å². The van der Waals surface area contributed by atoms with E-state index in [0.717, 1.165) is 18.4 Å². The Morgan fingerprint density at radius 1 is 1.29 bits per heavy atom. The number of hydrogen-bond donors (Lipinski definition) is 1. The first-order valence-corrected chi connectivity index (χ1v) is 6.12. The van der Waals surface area contributed by atoms with Gasteiger partial charge >= 0.3 is 0 Å². The van der Waals surface area contributed by atoms with Crippen molar-refractivity contribution in [2.75, 3.05) is 13.2 Å². The Balaban J connectivity index is 1.98. The van der Waals surface area contributed by atoms with Gasteiger partial charge in [0.25, 0.3) is 0 Å². The van der Waals surface area contributed by atoms with Crippen molar-refractivity contribution in [3.05, 3.63) is 35.4 Å². The highest BCUT2D eigenvalue weighted by Gasteiger charge is 2.33. The maximum absolute atomic E-state index is 8.78. The third-order valence-corrected chi connectivity index (χ3v) is 2.98. The van der Waals surface area contributed by atoms with Crippen molar-refractivity contribution in [3.63, 3.8) is 0 Å². The molecule has 0 aliphatic carbocycles. The number of hydrogen-bond acceptors (Lipinski definition) is 3. The molecule has 0 amide bonds. The lowest BCUT2D eigenvalue weighted by atomic mass is 10.0. The number of aryl methyl sites for hydroxylation is 1. The minimum atomic E-state index is -0.472. The van der Waals surface area contributed by atoms with E-state index in [-0.39, 0.29) is 12.7 Å². The molecule has 1 N–H and O–H groups in total. The van der Waals surface area contributed by atoms with E-state index in [4.69, 9.17) is 14.6 Å². The summed E-state index contributed by atoms with van der Waals surface area (Å²) in [7, 11) is 0. The van der Waals surface area contributed by atoms with Gasteiger partial charge in [0.15, 0.2) is 5.79 Å². The molecular weight excluding hydrogens is 216 g/mol. The Morgan fingerprint density at radius 3 is 2.53 bits per heavy atom. The molecule has 1 aromatic rings. The molecule has 0 saturated carbocycles. The Bertz CT molecular complexity index is 356. The van der Waals surface area contributed by atoms with Gasteiger partial charge in [-0.1, -0.05) is 24.3 Å². The predicted octanol–water partition coefficient (Wildman–Crippen LogP) is 2.44. The van der Waals surface area contributed by atoms with E-state index < -0.39 is 5.79 Å².